The fourth-order valence-corrected chi connectivity index (χ4v) is 3.56. The number of aromatic nitrogens is 5. The first kappa shape index (κ1) is 16.5. The Kier molecular flexibility index (Phi) is 3.82. The summed E-state index contributed by atoms with van der Waals surface area (Å²) in [4.78, 5) is 23.1. The van der Waals surface area contributed by atoms with Crippen molar-refractivity contribution in [1.29, 1.82) is 0 Å². The number of urea groups is 1. The molecule has 0 unspecified atom stereocenters. The fraction of sp³-hybridized carbons (Fsp3) is 0.200. The monoisotopic (exact) mass is 373 g/mol. The van der Waals surface area contributed by atoms with Crippen molar-refractivity contribution in [3.63, 3.8) is 0 Å². The Hall–Kier alpha value is -3.68. The molecule has 8 nitrogen and oxygen atoms in total. The molecule has 0 saturated heterocycles. The molecule has 3 aromatic heterocycles. The van der Waals surface area contributed by atoms with Crippen molar-refractivity contribution in [2.24, 2.45) is 7.05 Å². The Labute approximate surface area is 161 Å². The fourth-order valence-electron chi connectivity index (χ4n) is 3.56. The van der Waals surface area contributed by atoms with Crippen LogP contribution in [-0.4, -0.2) is 41.8 Å². The molecule has 2 amide bonds. The van der Waals surface area contributed by atoms with Gasteiger partial charge in [0, 0.05) is 19.8 Å². The number of anilines is 1. The summed E-state index contributed by atoms with van der Waals surface area (Å²) in [5.74, 6) is 0.828. The number of benzene rings is 1. The predicted molar refractivity (Wildman–Crippen MR) is 106 cm³/mol. The number of carbonyl (C=O) groups excluding carboxylic acids is 1. The van der Waals surface area contributed by atoms with Crippen LogP contribution in [0.1, 0.15) is 5.69 Å². The molecule has 5 rings (SSSR count). The van der Waals surface area contributed by atoms with Crippen LogP contribution in [0.5, 0.6) is 0 Å². The van der Waals surface area contributed by atoms with Gasteiger partial charge in [-0.05, 0) is 30.3 Å². The second-order valence-corrected chi connectivity index (χ2v) is 6.82. The highest BCUT2D eigenvalue weighted by Gasteiger charge is 2.24. The Balaban J connectivity index is 1.39. The molecule has 4 aromatic rings. The Morgan fingerprint density at radius 3 is 2.86 bits per heavy atom. The minimum Gasteiger partial charge on any atom is -0.326 e. The maximum Gasteiger partial charge on any atom is 0.322 e. The molecule has 0 fully saturated rings. The summed E-state index contributed by atoms with van der Waals surface area (Å²) in [6, 6.07) is 13.5. The molecule has 1 aliphatic heterocycles. The molecule has 1 aromatic carbocycles. The smallest absolute Gasteiger partial charge is 0.322 e. The average molecular weight is 373 g/mol. The molecule has 4 heterocycles. The quantitative estimate of drug-likeness (QED) is 0.586. The highest BCUT2D eigenvalue weighted by molar-refractivity contribution is 5.89. The van der Waals surface area contributed by atoms with Gasteiger partial charge >= 0.3 is 6.03 Å². The highest BCUT2D eigenvalue weighted by atomic mass is 16.2. The van der Waals surface area contributed by atoms with Gasteiger partial charge in [0.2, 0.25) is 0 Å². The zero-order chi connectivity index (χ0) is 19.1. The number of nitrogens with one attached hydrogen (secondary N) is 1. The van der Waals surface area contributed by atoms with Crippen LogP contribution in [0, 0.1) is 0 Å². The maximum atomic E-state index is 12.6. The Bertz CT molecular complexity index is 1160. The van der Waals surface area contributed by atoms with Gasteiger partial charge in [-0.15, -0.1) is 0 Å². The molecule has 28 heavy (non-hydrogen) atoms. The summed E-state index contributed by atoms with van der Waals surface area (Å²) in [6.45, 7) is 1.76. The number of rotatable bonds is 2. The number of fused-ring (bicyclic) bond motifs is 2. The third-order valence-corrected chi connectivity index (χ3v) is 5.01. The molecule has 0 radical (unpaired) electrons. The first-order chi connectivity index (χ1) is 13.7. The van der Waals surface area contributed by atoms with Crippen molar-refractivity contribution in [2.45, 2.75) is 13.1 Å². The van der Waals surface area contributed by atoms with E-state index in [4.69, 9.17) is 10.1 Å². The van der Waals surface area contributed by atoms with E-state index in [9.17, 15) is 4.79 Å². The van der Waals surface area contributed by atoms with Crippen LogP contribution in [0.4, 0.5) is 10.5 Å². The number of hydrogen-bond donors (Lipinski definition) is 1. The normalized spacial score (nSPS) is 13.5. The van der Waals surface area contributed by atoms with Gasteiger partial charge in [0.05, 0.1) is 41.7 Å². The number of hydrogen-bond acceptors (Lipinski definition) is 4. The maximum absolute atomic E-state index is 12.6. The summed E-state index contributed by atoms with van der Waals surface area (Å²) >= 11 is 0. The molecule has 0 atom stereocenters. The number of amides is 2. The van der Waals surface area contributed by atoms with E-state index in [1.54, 1.807) is 23.4 Å². The third-order valence-electron chi connectivity index (χ3n) is 5.01. The first-order valence-corrected chi connectivity index (χ1v) is 9.13. The number of pyridine rings is 1. The molecule has 8 heteroatoms. The summed E-state index contributed by atoms with van der Waals surface area (Å²) in [5.41, 5.74) is 4.52. The number of aryl methyl sites for hydroxylation is 1. The zero-order valence-corrected chi connectivity index (χ0v) is 15.4. The van der Waals surface area contributed by atoms with Crippen LogP contribution in [0.15, 0.2) is 54.9 Å². The lowest BCUT2D eigenvalue weighted by Gasteiger charge is -2.27. The van der Waals surface area contributed by atoms with Gasteiger partial charge < -0.3 is 14.8 Å². The van der Waals surface area contributed by atoms with Crippen LogP contribution < -0.4 is 5.32 Å². The lowest BCUT2D eigenvalue weighted by molar-refractivity contribution is 0.194. The highest BCUT2D eigenvalue weighted by Crippen LogP contribution is 2.25. The minimum absolute atomic E-state index is 0.135. The summed E-state index contributed by atoms with van der Waals surface area (Å²) in [6.07, 6.45) is 3.31. The van der Waals surface area contributed by atoms with E-state index >= 15 is 0 Å². The van der Waals surface area contributed by atoms with Crippen molar-refractivity contribution in [3.05, 3.63) is 60.6 Å². The van der Waals surface area contributed by atoms with Crippen molar-refractivity contribution >= 4 is 22.8 Å². The van der Waals surface area contributed by atoms with E-state index in [-0.39, 0.29) is 6.03 Å². The lowest BCUT2D eigenvalue weighted by atomic mass is 10.3. The van der Waals surface area contributed by atoms with E-state index in [0.29, 0.717) is 25.3 Å². The van der Waals surface area contributed by atoms with Gasteiger partial charge in [-0.2, -0.15) is 5.10 Å². The van der Waals surface area contributed by atoms with E-state index in [1.807, 2.05) is 48.1 Å². The molecule has 0 aliphatic carbocycles. The second-order valence-electron chi connectivity index (χ2n) is 6.82. The van der Waals surface area contributed by atoms with Gasteiger partial charge in [0.15, 0.2) is 5.82 Å². The number of para-hydroxylation sites is 2. The largest absolute Gasteiger partial charge is 0.326 e. The van der Waals surface area contributed by atoms with Gasteiger partial charge in [-0.25, -0.2) is 9.78 Å². The predicted octanol–water partition coefficient (Wildman–Crippen LogP) is 2.88. The van der Waals surface area contributed by atoms with E-state index in [2.05, 4.69) is 14.9 Å². The molecular weight excluding hydrogens is 354 g/mol. The SMILES string of the molecule is Cn1c(-c2cc3n(n2)CCN(C(=O)Nc2cccnc2)C3)nc2ccccc21. The minimum atomic E-state index is -0.135. The summed E-state index contributed by atoms with van der Waals surface area (Å²) < 4.78 is 4.01. The number of carbonyl (C=O) groups is 1. The van der Waals surface area contributed by atoms with Gasteiger partial charge in [-0.3, -0.25) is 9.67 Å². The molecular formula is C20H19N7O. The standard InChI is InChI=1S/C20H19N7O/c1-25-18-7-3-2-6-16(18)23-19(25)17-11-15-13-26(9-10-27(15)24-17)20(28)22-14-5-4-8-21-12-14/h2-8,11-12H,9-10,13H2,1H3,(H,22,28). The van der Waals surface area contributed by atoms with Crippen molar-refractivity contribution < 1.29 is 4.79 Å². The molecule has 0 bridgehead atoms. The molecule has 1 aliphatic rings. The summed E-state index contributed by atoms with van der Waals surface area (Å²) in [5, 5.41) is 7.61. The third kappa shape index (κ3) is 2.79. The Morgan fingerprint density at radius 2 is 2.04 bits per heavy atom. The van der Waals surface area contributed by atoms with Gasteiger partial charge in [-0.1, -0.05) is 12.1 Å². The van der Waals surface area contributed by atoms with Gasteiger partial charge in [0.1, 0.15) is 5.69 Å². The van der Waals surface area contributed by atoms with E-state index in [1.165, 1.54) is 0 Å². The van der Waals surface area contributed by atoms with Crippen molar-refractivity contribution in [1.82, 2.24) is 29.2 Å². The number of nitrogens with zero attached hydrogens (tertiary/aromatic N) is 6. The second kappa shape index (κ2) is 6.49. The van der Waals surface area contributed by atoms with Crippen LogP contribution in [0.3, 0.4) is 0 Å². The molecule has 140 valence electrons. The van der Waals surface area contributed by atoms with Crippen LogP contribution >= 0.6 is 0 Å². The summed E-state index contributed by atoms with van der Waals surface area (Å²) in [7, 11) is 2.00. The topological polar surface area (TPSA) is 80.9 Å². The van der Waals surface area contributed by atoms with E-state index in [0.717, 1.165) is 28.2 Å². The zero-order valence-electron chi connectivity index (χ0n) is 15.4. The van der Waals surface area contributed by atoms with Crippen LogP contribution in [0.25, 0.3) is 22.6 Å². The van der Waals surface area contributed by atoms with Crippen LogP contribution in [-0.2, 0) is 20.1 Å². The van der Waals surface area contributed by atoms with Crippen molar-refractivity contribution in [3.8, 4) is 11.5 Å². The van der Waals surface area contributed by atoms with Crippen LogP contribution in [0.2, 0.25) is 0 Å². The molecule has 1 N–H and O–H groups in total. The first-order valence-electron chi connectivity index (χ1n) is 9.13. The Morgan fingerprint density at radius 1 is 1.14 bits per heavy atom. The van der Waals surface area contributed by atoms with Crippen molar-refractivity contribution in [2.75, 3.05) is 11.9 Å². The number of imidazole rings is 1. The molecule has 0 saturated carbocycles. The lowest BCUT2D eigenvalue weighted by Crippen LogP contribution is -2.40. The van der Waals surface area contributed by atoms with E-state index < -0.39 is 0 Å². The average Bonchev–Trinajstić information content (AvgIpc) is 3.29. The van der Waals surface area contributed by atoms with Gasteiger partial charge in [0.25, 0.3) is 0 Å². The molecule has 0 spiro atoms.